The molecule has 1 fully saturated rings. The lowest BCUT2D eigenvalue weighted by molar-refractivity contribution is -0.812. The van der Waals surface area contributed by atoms with E-state index in [-0.39, 0.29) is 47.9 Å². The van der Waals surface area contributed by atoms with Gasteiger partial charge in [0.15, 0.2) is 0 Å². The molecule has 4 atom stereocenters. The van der Waals surface area contributed by atoms with Gasteiger partial charge in [-0.25, -0.2) is 9.28 Å². The van der Waals surface area contributed by atoms with Crippen molar-refractivity contribution in [3.05, 3.63) is 75.1 Å². The number of tetrazole rings is 1. The number of carbonyl (C=O) groups is 2. The highest BCUT2D eigenvalue weighted by atomic mass is 35.5. The van der Waals surface area contributed by atoms with Crippen LogP contribution >= 0.6 is 11.6 Å². The highest BCUT2D eigenvalue weighted by Gasteiger charge is 2.49. The summed E-state index contributed by atoms with van der Waals surface area (Å²) in [5, 5.41) is 34.6. The number of benzene rings is 2. The van der Waals surface area contributed by atoms with Crippen molar-refractivity contribution in [2.75, 3.05) is 20.3 Å². The van der Waals surface area contributed by atoms with Crippen molar-refractivity contribution < 1.29 is 38.6 Å². The number of H-pyrrole nitrogens is 1. The van der Waals surface area contributed by atoms with Gasteiger partial charge >= 0.3 is 11.9 Å². The average molecular weight is 669 g/mol. The monoisotopic (exact) mass is 668 g/mol. The number of methoxy groups -OCH3 is 1. The Morgan fingerprint density at radius 2 is 1.85 bits per heavy atom. The zero-order valence-corrected chi connectivity index (χ0v) is 26.6. The lowest BCUT2D eigenvalue weighted by Crippen LogP contribution is -2.53. The molecule has 248 valence electrons. The highest BCUT2D eigenvalue weighted by Crippen LogP contribution is 2.38. The third kappa shape index (κ3) is 7.32. The number of aliphatic carboxylic acids is 1. The zero-order chi connectivity index (χ0) is 33.6. The molecule has 2 aliphatic rings. The molecule has 2 heterocycles. The van der Waals surface area contributed by atoms with Gasteiger partial charge in [-0.15, -0.1) is 20.3 Å². The third-order valence-electron chi connectivity index (χ3n) is 8.56. The van der Waals surface area contributed by atoms with Crippen LogP contribution in [0.4, 0.5) is 0 Å². The number of aromatic nitrogens is 4. The van der Waals surface area contributed by atoms with Crippen molar-refractivity contribution in [1.82, 2.24) is 20.6 Å². The molecule has 0 radical (unpaired) electrons. The number of rotatable bonds is 15. The van der Waals surface area contributed by atoms with E-state index in [9.17, 15) is 24.8 Å². The molecule has 3 aromatic rings. The van der Waals surface area contributed by atoms with E-state index in [4.69, 9.17) is 25.9 Å². The predicted octanol–water partition coefficient (Wildman–Crippen LogP) is 4.49. The van der Waals surface area contributed by atoms with Crippen molar-refractivity contribution >= 4 is 29.4 Å². The van der Waals surface area contributed by atoms with Crippen molar-refractivity contribution in [2.45, 2.75) is 57.8 Å². The van der Waals surface area contributed by atoms with E-state index in [2.05, 4.69) is 25.6 Å². The van der Waals surface area contributed by atoms with Gasteiger partial charge in [-0.2, -0.15) is 10.2 Å². The van der Waals surface area contributed by atoms with E-state index in [0.717, 1.165) is 35.1 Å². The molecule has 0 bridgehead atoms. The Morgan fingerprint density at radius 1 is 1.13 bits per heavy atom. The summed E-state index contributed by atoms with van der Waals surface area (Å²) in [5.74, 6) is -1.44. The van der Waals surface area contributed by atoms with Gasteiger partial charge in [-0.3, -0.25) is 4.79 Å². The first-order valence-corrected chi connectivity index (χ1v) is 15.6. The summed E-state index contributed by atoms with van der Waals surface area (Å²) in [4.78, 5) is 45.9. The Bertz CT molecular complexity index is 1660. The maximum atomic E-state index is 13.1. The van der Waals surface area contributed by atoms with Crippen LogP contribution in [0.25, 0.3) is 22.5 Å². The van der Waals surface area contributed by atoms with Gasteiger partial charge in [0.1, 0.15) is 25.8 Å². The van der Waals surface area contributed by atoms with Crippen LogP contribution < -0.4 is 0 Å². The second-order valence-corrected chi connectivity index (χ2v) is 11.7. The summed E-state index contributed by atoms with van der Waals surface area (Å²) < 4.78 is 10.7. The highest BCUT2D eigenvalue weighted by molar-refractivity contribution is 6.32. The lowest BCUT2D eigenvalue weighted by atomic mass is 9.98. The molecule has 47 heavy (non-hydrogen) atoms. The van der Waals surface area contributed by atoms with E-state index in [0.29, 0.717) is 18.1 Å². The Balaban J connectivity index is 1.39. The van der Waals surface area contributed by atoms with Crippen LogP contribution in [0.3, 0.4) is 0 Å². The predicted molar refractivity (Wildman–Crippen MR) is 168 cm³/mol. The fraction of sp³-hybridized carbons (Fsp3) is 0.419. The molecule has 1 unspecified atom stereocenters. The van der Waals surface area contributed by atoms with Crippen molar-refractivity contribution in [2.24, 2.45) is 10.9 Å². The SMILES string of the molecule is CCCCC1=NC(Cl)=C(C(=O)O)[N+]1(CCOC(=O)[C@@H]1C[C@H](OC)[C@@H](O[N+](=O)[O-])C1)Cc1ccc(-c2ccccc2-c2nn[nH]n2)cc1. The number of unbranched alkanes of at least 4 members (excludes halogenated alkanes) is 1. The Kier molecular flexibility index (Phi) is 10.6. The topological polar surface area (TPSA) is 192 Å². The Hall–Kier alpha value is -4.73. The summed E-state index contributed by atoms with van der Waals surface area (Å²) in [6, 6.07) is 15.4. The molecule has 1 aliphatic heterocycles. The van der Waals surface area contributed by atoms with Crippen LogP contribution in [-0.2, 0) is 30.4 Å². The quantitative estimate of drug-likeness (QED) is 0.0762. The summed E-state index contributed by atoms with van der Waals surface area (Å²) in [6.07, 6.45) is 0.829. The van der Waals surface area contributed by atoms with Crippen LogP contribution in [0.5, 0.6) is 0 Å². The number of hydrogen-bond acceptors (Lipinski definition) is 11. The third-order valence-corrected chi connectivity index (χ3v) is 8.82. The molecule has 15 nitrogen and oxygen atoms in total. The molecule has 2 N–H and O–H groups in total. The van der Waals surface area contributed by atoms with Crippen LogP contribution in [0, 0.1) is 16.0 Å². The second-order valence-electron chi connectivity index (χ2n) is 11.4. The molecule has 0 saturated heterocycles. The number of ether oxygens (including phenoxy) is 2. The van der Waals surface area contributed by atoms with E-state index >= 15 is 0 Å². The normalized spacial score (nSPS) is 22.3. The van der Waals surface area contributed by atoms with E-state index in [1.54, 1.807) is 0 Å². The molecule has 0 spiro atoms. The number of quaternary nitrogens is 1. The van der Waals surface area contributed by atoms with Crippen LogP contribution in [0.1, 0.15) is 44.6 Å². The second kappa shape index (κ2) is 14.8. The van der Waals surface area contributed by atoms with Gasteiger partial charge in [0, 0.05) is 24.7 Å². The number of carbonyl (C=O) groups excluding carboxylic acids is 1. The fourth-order valence-corrected chi connectivity index (χ4v) is 6.62. The molecular weight excluding hydrogens is 634 g/mol. The van der Waals surface area contributed by atoms with Gasteiger partial charge in [-0.1, -0.05) is 73.5 Å². The number of esters is 1. The number of nitrogens with zero attached hydrogens (tertiary/aromatic N) is 6. The first kappa shape index (κ1) is 33.6. The van der Waals surface area contributed by atoms with Crippen LogP contribution in [-0.4, -0.2) is 85.5 Å². The van der Waals surface area contributed by atoms with E-state index < -0.39 is 35.2 Å². The van der Waals surface area contributed by atoms with Gasteiger partial charge in [0.25, 0.3) is 10.8 Å². The summed E-state index contributed by atoms with van der Waals surface area (Å²) in [5.41, 5.74) is 3.30. The van der Waals surface area contributed by atoms with Gasteiger partial charge in [-0.05, 0) is 35.6 Å². The molecule has 5 rings (SSSR count). The maximum Gasteiger partial charge on any atom is 0.394 e. The number of carboxylic acid groups (broad SMARTS) is 1. The largest absolute Gasteiger partial charge is 0.474 e. The summed E-state index contributed by atoms with van der Waals surface area (Å²) in [7, 11) is 1.40. The minimum Gasteiger partial charge on any atom is -0.474 e. The minimum atomic E-state index is -1.22. The number of aliphatic imine (C=N–C) groups is 1. The van der Waals surface area contributed by atoms with E-state index in [1.165, 1.54) is 7.11 Å². The number of nitrogens with one attached hydrogen (secondary N) is 1. The molecule has 16 heteroatoms. The Labute approximate surface area is 274 Å². The maximum absolute atomic E-state index is 13.1. The van der Waals surface area contributed by atoms with Gasteiger partial charge in [0.05, 0.1) is 12.0 Å². The standard InChI is InChI=1S/C31H34ClN7O8/c1-3-4-9-26-33-28(32)27(30(40)41)39(26,14-15-46-31(42)21-16-24(45-2)25(17-21)47-38(43)44)18-19-10-12-20(13-11-19)22-7-5-6-8-23(22)29-34-36-37-35-29/h5-8,10-13,21,24-25H,3-4,9,14-18H2,1-2H3,(H-,34,35,36,37,40,41)/p+1/t21-,24+,25+,39?/m1/s1. The van der Waals surface area contributed by atoms with Gasteiger partial charge in [0.2, 0.25) is 16.8 Å². The van der Waals surface area contributed by atoms with Crippen molar-refractivity contribution in [3.63, 3.8) is 0 Å². The first-order valence-electron chi connectivity index (χ1n) is 15.2. The molecule has 1 aliphatic carbocycles. The average Bonchev–Trinajstić information content (AvgIpc) is 3.79. The lowest BCUT2D eigenvalue weighted by Gasteiger charge is -2.35. The number of hydrogen-bond donors (Lipinski definition) is 2. The molecular formula is C31H35ClN7O8+. The summed E-state index contributed by atoms with van der Waals surface area (Å²) in [6.45, 7) is 2.13. The summed E-state index contributed by atoms with van der Waals surface area (Å²) >= 11 is 6.49. The van der Waals surface area contributed by atoms with Crippen LogP contribution in [0.2, 0.25) is 0 Å². The molecule has 0 amide bonds. The van der Waals surface area contributed by atoms with E-state index in [1.807, 2.05) is 55.5 Å². The molecule has 1 aromatic heterocycles. The fourth-order valence-electron chi connectivity index (χ4n) is 6.28. The van der Waals surface area contributed by atoms with Crippen molar-refractivity contribution in [1.29, 1.82) is 0 Å². The minimum absolute atomic E-state index is 0.0593. The van der Waals surface area contributed by atoms with Crippen LogP contribution in [0.15, 0.2) is 64.4 Å². The van der Waals surface area contributed by atoms with Gasteiger partial charge < -0.3 is 19.4 Å². The van der Waals surface area contributed by atoms with Crippen molar-refractivity contribution in [3.8, 4) is 22.5 Å². The first-order chi connectivity index (χ1) is 22.7. The molecule has 2 aromatic carbocycles. The molecule has 1 saturated carbocycles. The number of amidine groups is 1. The number of aromatic amines is 1. The smallest absolute Gasteiger partial charge is 0.394 e. The zero-order valence-electron chi connectivity index (χ0n) is 25.9. The number of halogens is 1. The number of carboxylic acids is 1. The Morgan fingerprint density at radius 3 is 2.49 bits per heavy atom.